The molecule has 1 atom stereocenters. The van der Waals surface area contributed by atoms with E-state index >= 15 is 0 Å². The van der Waals surface area contributed by atoms with Gasteiger partial charge in [0, 0.05) is 0 Å². The summed E-state index contributed by atoms with van der Waals surface area (Å²) >= 11 is 3.15. The molecule has 1 aromatic rings. The molecule has 0 aliphatic heterocycles. The van der Waals surface area contributed by atoms with E-state index in [0.29, 0.717) is 11.2 Å². The van der Waals surface area contributed by atoms with Crippen LogP contribution in [0, 0.1) is 5.92 Å². The molecule has 1 rings (SSSR count). The van der Waals surface area contributed by atoms with Crippen LogP contribution in [0.2, 0.25) is 0 Å². The zero-order valence-electron chi connectivity index (χ0n) is 9.03. The smallest absolute Gasteiger partial charge is 0.231 e. The normalized spacial score (nSPS) is 12.5. The largest absolute Gasteiger partial charge is 0.348 e. The molecule has 0 radical (unpaired) electrons. The van der Waals surface area contributed by atoms with Gasteiger partial charge in [-0.15, -0.1) is 0 Å². The molecule has 82 valence electrons. The molecule has 3 heteroatoms. The van der Waals surface area contributed by atoms with Gasteiger partial charge in [-0.25, -0.2) is 0 Å². The summed E-state index contributed by atoms with van der Waals surface area (Å²) in [5, 5.41) is 3.35. The average Bonchev–Trinajstić information content (AvgIpc) is 2.26. The number of rotatable bonds is 4. The van der Waals surface area contributed by atoms with E-state index in [1.807, 2.05) is 30.3 Å². The maximum absolute atomic E-state index is 11.3. The minimum absolute atomic E-state index is 0.0255. The lowest BCUT2D eigenvalue weighted by atomic mass is 9.96. The van der Waals surface area contributed by atoms with Crippen molar-refractivity contribution in [2.75, 3.05) is 5.33 Å². The van der Waals surface area contributed by atoms with Gasteiger partial charge in [0.2, 0.25) is 5.91 Å². The van der Waals surface area contributed by atoms with Gasteiger partial charge in [0.25, 0.3) is 0 Å². The fraction of sp³-hybridized carbons (Fsp3) is 0.417. The molecule has 1 N–H and O–H groups in total. The Morgan fingerprint density at radius 3 is 2.40 bits per heavy atom. The highest BCUT2D eigenvalue weighted by Gasteiger charge is 2.16. The minimum Gasteiger partial charge on any atom is -0.348 e. The fourth-order valence-electron chi connectivity index (χ4n) is 1.51. The van der Waals surface area contributed by atoms with Crippen molar-refractivity contribution in [3.63, 3.8) is 0 Å². The minimum atomic E-state index is 0.0255. The van der Waals surface area contributed by atoms with Gasteiger partial charge in [0.15, 0.2) is 0 Å². The van der Waals surface area contributed by atoms with Crippen molar-refractivity contribution < 1.29 is 4.79 Å². The second-order valence-electron chi connectivity index (χ2n) is 3.83. The third-order valence-electron chi connectivity index (χ3n) is 2.26. The van der Waals surface area contributed by atoms with Crippen LogP contribution in [0.4, 0.5) is 0 Å². The Morgan fingerprint density at radius 1 is 1.33 bits per heavy atom. The number of nitrogens with one attached hydrogen (secondary N) is 1. The Kier molecular flexibility index (Phi) is 4.82. The van der Waals surface area contributed by atoms with Crippen molar-refractivity contribution >= 4 is 21.8 Å². The number of carbonyl (C=O) groups excluding carboxylic acids is 1. The molecule has 1 aromatic carbocycles. The summed E-state index contributed by atoms with van der Waals surface area (Å²) < 4.78 is 0. The lowest BCUT2D eigenvalue weighted by molar-refractivity contribution is -0.119. The van der Waals surface area contributed by atoms with E-state index in [4.69, 9.17) is 0 Å². The van der Waals surface area contributed by atoms with E-state index < -0.39 is 0 Å². The molecule has 0 heterocycles. The lowest BCUT2D eigenvalue weighted by Crippen LogP contribution is -2.32. The Morgan fingerprint density at radius 2 is 1.93 bits per heavy atom. The van der Waals surface area contributed by atoms with Crippen LogP contribution in [0.5, 0.6) is 0 Å². The quantitative estimate of drug-likeness (QED) is 0.837. The van der Waals surface area contributed by atoms with E-state index in [1.54, 1.807) is 0 Å². The summed E-state index contributed by atoms with van der Waals surface area (Å²) in [6.45, 7) is 4.21. The number of hydrogen-bond acceptors (Lipinski definition) is 1. The number of halogens is 1. The van der Waals surface area contributed by atoms with Gasteiger partial charge in [0.1, 0.15) is 0 Å². The highest BCUT2D eigenvalue weighted by Crippen LogP contribution is 2.21. The van der Waals surface area contributed by atoms with E-state index in [0.717, 1.165) is 5.56 Å². The van der Waals surface area contributed by atoms with Crippen LogP contribution >= 0.6 is 15.9 Å². The van der Waals surface area contributed by atoms with Gasteiger partial charge in [0.05, 0.1) is 11.4 Å². The lowest BCUT2D eigenvalue weighted by Gasteiger charge is -2.22. The molecule has 0 aliphatic rings. The molecular formula is C12H16BrNO. The fourth-order valence-corrected chi connectivity index (χ4v) is 1.67. The zero-order valence-corrected chi connectivity index (χ0v) is 10.6. The SMILES string of the molecule is CC(C)C(NC(=O)CBr)c1ccccc1. The molecule has 0 bridgehead atoms. The molecule has 0 fully saturated rings. The summed E-state index contributed by atoms with van der Waals surface area (Å²) in [6.07, 6.45) is 0. The van der Waals surface area contributed by atoms with Crippen molar-refractivity contribution in [2.45, 2.75) is 19.9 Å². The molecular weight excluding hydrogens is 254 g/mol. The summed E-state index contributed by atoms with van der Waals surface area (Å²) in [7, 11) is 0. The van der Waals surface area contributed by atoms with E-state index in [2.05, 4.69) is 35.1 Å². The predicted octanol–water partition coefficient (Wildman–Crippen LogP) is 2.89. The first-order chi connectivity index (χ1) is 7.15. The topological polar surface area (TPSA) is 29.1 Å². The standard InChI is InChI=1S/C12H16BrNO/c1-9(2)12(14-11(15)8-13)10-6-4-3-5-7-10/h3-7,9,12H,8H2,1-2H3,(H,14,15). The van der Waals surface area contributed by atoms with Crippen molar-refractivity contribution in [3.05, 3.63) is 35.9 Å². The van der Waals surface area contributed by atoms with Gasteiger partial charge in [-0.05, 0) is 11.5 Å². The van der Waals surface area contributed by atoms with Crippen LogP contribution < -0.4 is 5.32 Å². The first-order valence-electron chi connectivity index (χ1n) is 5.05. The molecule has 0 aromatic heterocycles. The zero-order chi connectivity index (χ0) is 11.3. The Labute approximate surface area is 99.2 Å². The first kappa shape index (κ1) is 12.2. The van der Waals surface area contributed by atoms with Crippen molar-refractivity contribution in [1.29, 1.82) is 0 Å². The molecule has 0 aliphatic carbocycles. The van der Waals surface area contributed by atoms with Gasteiger partial charge in [-0.3, -0.25) is 4.79 Å². The number of carbonyl (C=O) groups is 1. The van der Waals surface area contributed by atoms with Crippen LogP contribution in [-0.4, -0.2) is 11.2 Å². The summed E-state index contributed by atoms with van der Waals surface area (Å²) in [5.74, 6) is 0.410. The van der Waals surface area contributed by atoms with Crippen LogP contribution in [-0.2, 0) is 4.79 Å². The molecule has 0 saturated carbocycles. The summed E-state index contributed by atoms with van der Waals surface area (Å²) in [6, 6.07) is 10.1. The highest BCUT2D eigenvalue weighted by atomic mass is 79.9. The van der Waals surface area contributed by atoms with Gasteiger partial charge >= 0.3 is 0 Å². The third kappa shape index (κ3) is 3.67. The molecule has 2 nitrogen and oxygen atoms in total. The Hall–Kier alpha value is -0.830. The first-order valence-corrected chi connectivity index (χ1v) is 6.17. The van der Waals surface area contributed by atoms with Gasteiger partial charge < -0.3 is 5.32 Å². The maximum atomic E-state index is 11.3. The summed E-state index contributed by atoms with van der Waals surface area (Å²) in [5.41, 5.74) is 1.15. The molecule has 0 spiro atoms. The molecule has 1 unspecified atom stereocenters. The Balaban J connectivity index is 2.79. The number of amides is 1. The molecule has 15 heavy (non-hydrogen) atoms. The third-order valence-corrected chi connectivity index (χ3v) is 2.77. The van der Waals surface area contributed by atoms with Gasteiger partial charge in [-0.2, -0.15) is 0 Å². The van der Waals surface area contributed by atoms with Crippen molar-refractivity contribution in [3.8, 4) is 0 Å². The van der Waals surface area contributed by atoms with Crippen LogP contribution in [0.25, 0.3) is 0 Å². The van der Waals surface area contributed by atoms with E-state index in [-0.39, 0.29) is 11.9 Å². The monoisotopic (exact) mass is 269 g/mol. The number of benzene rings is 1. The second-order valence-corrected chi connectivity index (χ2v) is 4.39. The van der Waals surface area contributed by atoms with Crippen LogP contribution in [0.1, 0.15) is 25.5 Å². The van der Waals surface area contributed by atoms with Gasteiger partial charge in [-0.1, -0.05) is 60.1 Å². The predicted molar refractivity (Wildman–Crippen MR) is 66.0 cm³/mol. The second kappa shape index (κ2) is 5.91. The van der Waals surface area contributed by atoms with Crippen LogP contribution in [0.15, 0.2) is 30.3 Å². The Bertz CT molecular complexity index is 311. The maximum Gasteiger partial charge on any atom is 0.231 e. The van der Waals surface area contributed by atoms with Crippen molar-refractivity contribution in [2.24, 2.45) is 5.92 Å². The highest BCUT2D eigenvalue weighted by molar-refractivity contribution is 9.09. The van der Waals surface area contributed by atoms with Crippen molar-refractivity contribution in [1.82, 2.24) is 5.32 Å². The van der Waals surface area contributed by atoms with Crippen LogP contribution in [0.3, 0.4) is 0 Å². The van der Waals surface area contributed by atoms with E-state index in [9.17, 15) is 4.79 Å². The summed E-state index contributed by atoms with van der Waals surface area (Å²) in [4.78, 5) is 11.3. The van der Waals surface area contributed by atoms with E-state index in [1.165, 1.54) is 0 Å². The number of alkyl halides is 1. The molecule has 0 saturated heterocycles. The molecule has 1 amide bonds. The average molecular weight is 270 g/mol. The number of hydrogen-bond donors (Lipinski definition) is 1.